The summed E-state index contributed by atoms with van der Waals surface area (Å²) < 4.78 is 0. The van der Waals surface area contributed by atoms with Crippen LogP contribution in [-0.2, 0) is 4.79 Å². The number of aryl methyl sites for hydroxylation is 1. The minimum absolute atomic E-state index is 0.0753. The van der Waals surface area contributed by atoms with Crippen LogP contribution in [0.5, 0.6) is 0 Å². The highest BCUT2D eigenvalue weighted by atomic mass is 16.2. The van der Waals surface area contributed by atoms with E-state index in [9.17, 15) is 4.79 Å². The van der Waals surface area contributed by atoms with Crippen molar-refractivity contribution in [2.24, 2.45) is 0 Å². The van der Waals surface area contributed by atoms with E-state index in [4.69, 9.17) is 0 Å². The SMILES string of the molecule is Cc1cccc(NC2CCN(C(=O)[C@@H]3CCCN3)CC2)c1. The molecule has 0 saturated carbocycles. The minimum atomic E-state index is 0.0753. The van der Waals surface area contributed by atoms with Crippen LogP contribution < -0.4 is 10.6 Å². The zero-order valence-electron chi connectivity index (χ0n) is 12.8. The first kappa shape index (κ1) is 14.4. The number of hydrogen-bond acceptors (Lipinski definition) is 3. The van der Waals surface area contributed by atoms with E-state index in [1.165, 1.54) is 11.3 Å². The number of amides is 1. The Bertz CT molecular complexity index is 489. The van der Waals surface area contributed by atoms with Crippen molar-refractivity contribution in [3.8, 4) is 0 Å². The quantitative estimate of drug-likeness (QED) is 0.895. The molecule has 0 bridgehead atoms. The third-order valence-corrected chi connectivity index (χ3v) is 4.55. The highest BCUT2D eigenvalue weighted by Gasteiger charge is 2.29. The van der Waals surface area contributed by atoms with Gasteiger partial charge < -0.3 is 15.5 Å². The number of nitrogens with zero attached hydrogens (tertiary/aromatic N) is 1. The molecule has 1 atom stereocenters. The number of likely N-dealkylation sites (tertiary alicyclic amines) is 1. The van der Waals surface area contributed by atoms with Crippen molar-refractivity contribution in [2.75, 3.05) is 25.0 Å². The molecule has 2 heterocycles. The Labute approximate surface area is 126 Å². The second-order valence-electron chi connectivity index (χ2n) is 6.26. The topological polar surface area (TPSA) is 44.4 Å². The molecule has 2 aliphatic rings. The molecule has 0 radical (unpaired) electrons. The monoisotopic (exact) mass is 287 g/mol. The van der Waals surface area contributed by atoms with Crippen LogP contribution >= 0.6 is 0 Å². The summed E-state index contributed by atoms with van der Waals surface area (Å²) in [5.41, 5.74) is 2.47. The lowest BCUT2D eigenvalue weighted by molar-refractivity contribution is -0.134. The molecule has 3 rings (SSSR count). The lowest BCUT2D eigenvalue weighted by Gasteiger charge is -2.34. The molecule has 2 saturated heterocycles. The van der Waals surface area contributed by atoms with E-state index in [0.29, 0.717) is 11.9 Å². The third kappa shape index (κ3) is 3.56. The summed E-state index contributed by atoms with van der Waals surface area (Å²) in [7, 11) is 0. The van der Waals surface area contributed by atoms with Gasteiger partial charge in [0.1, 0.15) is 0 Å². The second kappa shape index (κ2) is 6.48. The average Bonchev–Trinajstić information content (AvgIpc) is 3.01. The highest BCUT2D eigenvalue weighted by molar-refractivity contribution is 5.82. The molecule has 0 spiro atoms. The molecular weight excluding hydrogens is 262 g/mol. The van der Waals surface area contributed by atoms with Gasteiger partial charge in [-0.15, -0.1) is 0 Å². The highest BCUT2D eigenvalue weighted by Crippen LogP contribution is 2.19. The second-order valence-corrected chi connectivity index (χ2v) is 6.26. The van der Waals surface area contributed by atoms with Crippen molar-refractivity contribution >= 4 is 11.6 Å². The summed E-state index contributed by atoms with van der Waals surface area (Å²) in [5, 5.41) is 6.90. The fourth-order valence-corrected chi connectivity index (χ4v) is 3.33. The number of carbonyl (C=O) groups is 1. The van der Waals surface area contributed by atoms with Gasteiger partial charge in [0.2, 0.25) is 5.91 Å². The smallest absolute Gasteiger partial charge is 0.239 e. The number of hydrogen-bond donors (Lipinski definition) is 2. The molecule has 2 fully saturated rings. The Balaban J connectivity index is 1.49. The number of piperidine rings is 1. The van der Waals surface area contributed by atoms with Gasteiger partial charge in [0.25, 0.3) is 0 Å². The van der Waals surface area contributed by atoms with Gasteiger partial charge in [0.15, 0.2) is 0 Å². The number of rotatable bonds is 3. The van der Waals surface area contributed by atoms with Gasteiger partial charge in [-0.25, -0.2) is 0 Å². The van der Waals surface area contributed by atoms with E-state index in [1.807, 2.05) is 4.90 Å². The molecular formula is C17H25N3O. The van der Waals surface area contributed by atoms with Gasteiger partial charge in [0, 0.05) is 24.8 Å². The Morgan fingerprint density at radius 2 is 2.10 bits per heavy atom. The Morgan fingerprint density at radius 3 is 2.76 bits per heavy atom. The van der Waals surface area contributed by atoms with E-state index >= 15 is 0 Å². The number of benzene rings is 1. The fraction of sp³-hybridized carbons (Fsp3) is 0.588. The van der Waals surface area contributed by atoms with E-state index < -0.39 is 0 Å². The zero-order valence-corrected chi connectivity index (χ0v) is 12.8. The summed E-state index contributed by atoms with van der Waals surface area (Å²) in [6, 6.07) is 9.05. The van der Waals surface area contributed by atoms with Crippen LogP contribution in [0.15, 0.2) is 24.3 Å². The van der Waals surface area contributed by atoms with Gasteiger partial charge in [-0.05, 0) is 56.8 Å². The van der Waals surface area contributed by atoms with Crippen molar-refractivity contribution in [1.29, 1.82) is 0 Å². The van der Waals surface area contributed by atoms with Crippen molar-refractivity contribution in [2.45, 2.75) is 44.7 Å². The molecule has 0 aromatic heterocycles. The normalized spacial score (nSPS) is 23.3. The van der Waals surface area contributed by atoms with E-state index in [1.54, 1.807) is 0 Å². The zero-order chi connectivity index (χ0) is 14.7. The first-order valence-corrected chi connectivity index (χ1v) is 8.08. The van der Waals surface area contributed by atoms with Gasteiger partial charge in [-0.2, -0.15) is 0 Å². The predicted octanol–water partition coefficient (Wildman–Crippen LogP) is 2.15. The Morgan fingerprint density at radius 1 is 1.29 bits per heavy atom. The summed E-state index contributed by atoms with van der Waals surface area (Å²) in [5.74, 6) is 0.307. The molecule has 1 amide bonds. The van der Waals surface area contributed by atoms with Gasteiger partial charge in [0.05, 0.1) is 6.04 Å². The fourth-order valence-electron chi connectivity index (χ4n) is 3.33. The largest absolute Gasteiger partial charge is 0.382 e. The summed E-state index contributed by atoms with van der Waals surface area (Å²) >= 11 is 0. The van der Waals surface area contributed by atoms with Gasteiger partial charge in [-0.1, -0.05) is 12.1 Å². The van der Waals surface area contributed by atoms with Crippen LogP contribution in [0.3, 0.4) is 0 Å². The maximum atomic E-state index is 12.4. The van der Waals surface area contributed by atoms with Crippen LogP contribution in [0.4, 0.5) is 5.69 Å². The summed E-state index contributed by atoms with van der Waals surface area (Å²) in [6.07, 6.45) is 4.20. The predicted molar refractivity (Wildman–Crippen MR) is 85.4 cm³/mol. The molecule has 2 aliphatic heterocycles. The lowest BCUT2D eigenvalue weighted by Crippen LogP contribution is -2.48. The maximum absolute atomic E-state index is 12.4. The molecule has 4 heteroatoms. The minimum Gasteiger partial charge on any atom is -0.382 e. The van der Waals surface area contributed by atoms with Gasteiger partial charge >= 0.3 is 0 Å². The third-order valence-electron chi connectivity index (χ3n) is 4.55. The van der Waals surface area contributed by atoms with Crippen LogP contribution in [0, 0.1) is 6.92 Å². The molecule has 2 N–H and O–H groups in total. The summed E-state index contributed by atoms with van der Waals surface area (Å²) in [6.45, 7) is 4.85. The number of anilines is 1. The Kier molecular flexibility index (Phi) is 4.44. The standard InChI is InChI=1S/C17H25N3O/c1-13-4-2-5-15(12-13)19-14-7-10-20(11-8-14)17(21)16-6-3-9-18-16/h2,4-5,12,14,16,18-19H,3,6-11H2,1H3/t16-/m0/s1. The first-order chi connectivity index (χ1) is 10.2. The molecule has 1 aromatic rings. The summed E-state index contributed by atoms with van der Waals surface area (Å²) in [4.78, 5) is 14.4. The van der Waals surface area contributed by atoms with Crippen LogP contribution in [-0.4, -0.2) is 42.5 Å². The molecule has 4 nitrogen and oxygen atoms in total. The molecule has 0 aliphatic carbocycles. The lowest BCUT2D eigenvalue weighted by atomic mass is 10.0. The van der Waals surface area contributed by atoms with Crippen LogP contribution in [0.1, 0.15) is 31.2 Å². The molecule has 114 valence electrons. The van der Waals surface area contributed by atoms with E-state index in [0.717, 1.165) is 45.3 Å². The first-order valence-electron chi connectivity index (χ1n) is 8.08. The van der Waals surface area contributed by atoms with E-state index in [-0.39, 0.29) is 6.04 Å². The van der Waals surface area contributed by atoms with Crippen molar-refractivity contribution in [3.63, 3.8) is 0 Å². The van der Waals surface area contributed by atoms with Crippen molar-refractivity contribution in [1.82, 2.24) is 10.2 Å². The number of nitrogens with one attached hydrogen (secondary N) is 2. The van der Waals surface area contributed by atoms with Gasteiger partial charge in [-0.3, -0.25) is 4.79 Å². The van der Waals surface area contributed by atoms with Crippen LogP contribution in [0.25, 0.3) is 0 Å². The maximum Gasteiger partial charge on any atom is 0.239 e. The van der Waals surface area contributed by atoms with Crippen molar-refractivity contribution in [3.05, 3.63) is 29.8 Å². The number of carbonyl (C=O) groups excluding carboxylic acids is 1. The molecule has 0 unspecified atom stereocenters. The average molecular weight is 287 g/mol. The van der Waals surface area contributed by atoms with E-state index in [2.05, 4.69) is 41.8 Å². The molecule has 21 heavy (non-hydrogen) atoms. The van der Waals surface area contributed by atoms with Crippen LogP contribution in [0.2, 0.25) is 0 Å². The van der Waals surface area contributed by atoms with Crippen molar-refractivity contribution < 1.29 is 4.79 Å². The molecule has 1 aromatic carbocycles. The Hall–Kier alpha value is -1.55.